The van der Waals surface area contributed by atoms with Gasteiger partial charge in [0.1, 0.15) is 5.82 Å². The lowest BCUT2D eigenvalue weighted by Crippen LogP contribution is -2.46. The molecule has 0 spiro atoms. The van der Waals surface area contributed by atoms with Crippen LogP contribution in [0.2, 0.25) is 0 Å². The minimum Gasteiger partial charge on any atom is -0.369 e. The lowest BCUT2D eigenvalue weighted by molar-refractivity contribution is 0.252. The summed E-state index contributed by atoms with van der Waals surface area (Å²) in [4.78, 5) is 5.10. The molecule has 168 valence electrons. The van der Waals surface area contributed by atoms with Gasteiger partial charge < -0.3 is 4.90 Å². The fourth-order valence-corrected chi connectivity index (χ4v) is 6.18. The Labute approximate surface area is 190 Å². The number of para-hydroxylation sites is 1. The zero-order valence-corrected chi connectivity index (χ0v) is 18.9. The summed E-state index contributed by atoms with van der Waals surface area (Å²) in [7, 11) is -3.56. The molecule has 0 N–H and O–H groups in total. The van der Waals surface area contributed by atoms with E-state index in [4.69, 9.17) is 0 Å². The monoisotopic (exact) mass is 452 g/mol. The van der Waals surface area contributed by atoms with Crippen LogP contribution in [-0.4, -0.2) is 46.0 Å². The largest absolute Gasteiger partial charge is 0.369 e. The van der Waals surface area contributed by atoms with E-state index in [2.05, 4.69) is 34.1 Å². The SMILES string of the molecule is O=S(=O)(c1ccccc1)C(CCCN1CCN(c2ccccc2)CC1)c1ccc(F)cc1. The van der Waals surface area contributed by atoms with E-state index < -0.39 is 15.1 Å². The Morgan fingerprint density at radius 2 is 1.38 bits per heavy atom. The first-order chi connectivity index (χ1) is 15.5. The van der Waals surface area contributed by atoms with Gasteiger partial charge in [-0.1, -0.05) is 48.5 Å². The predicted molar refractivity (Wildman–Crippen MR) is 127 cm³/mol. The van der Waals surface area contributed by atoms with Crippen molar-refractivity contribution in [1.29, 1.82) is 0 Å². The molecule has 0 radical (unpaired) electrons. The highest BCUT2D eigenvalue weighted by Gasteiger charge is 2.29. The number of rotatable bonds is 8. The van der Waals surface area contributed by atoms with Gasteiger partial charge in [0.25, 0.3) is 0 Å². The maximum Gasteiger partial charge on any atom is 0.185 e. The first-order valence-electron chi connectivity index (χ1n) is 11.1. The maximum absolute atomic E-state index is 13.5. The van der Waals surface area contributed by atoms with Gasteiger partial charge in [0, 0.05) is 31.9 Å². The zero-order chi connectivity index (χ0) is 22.4. The molecule has 6 heteroatoms. The minimum absolute atomic E-state index is 0.311. The smallest absolute Gasteiger partial charge is 0.185 e. The summed E-state index contributed by atoms with van der Waals surface area (Å²) in [6.07, 6.45) is 1.27. The maximum atomic E-state index is 13.5. The highest BCUT2D eigenvalue weighted by molar-refractivity contribution is 7.91. The highest BCUT2D eigenvalue weighted by Crippen LogP contribution is 2.33. The zero-order valence-electron chi connectivity index (χ0n) is 18.1. The second kappa shape index (κ2) is 10.3. The summed E-state index contributed by atoms with van der Waals surface area (Å²) in [5.74, 6) is -0.360. The number of benzene rings is 3. The number of nitrogens with zero attached hydrogens (tertiary/aromatic N) is 2. The molecule has 0 bridgehead atoms. The molecule has 1 aliphatic heterocycles. The van der Waals surface area contributed by atoms with Crippen LogP contribution >= 0.6 is 0 Å². The Bertz CT molecular complexity index is 1080. The standard InChI is InChI=1S/C26H29FN2O2S/c27-23-15-13-22(14-16-23)26(32(30,31)25-10-5-2-6-11-25)12-7-17-28-18-20-29(21-19-28)24-8-3-1-4-9-24/h1-6,8-11,13-16,26H,7,12,17-21H2. The summed E-state index contributed by atoms with van der Waals surface area (Å²) in [6, 6.07) is 24.8. The van der Waals surface area contributed by atoms with Crippen molar-refractivity contribution in [2.45, 2.75) is 23.0 Å². The first kappa shape index (κ1) is 22.5. The third-order valence-electron chi connectivity index (χ3n) is 6.12. The molecular formula is C26H29FN2O2S. The Morgan fingerprint density at radius 1 is 0.781 bits per heavy atom. The first-order valence-corrected chi connectivity index (χ1v) is 12.7. The average molecular weight is 453 g/mol. The molecule has 0 aromatic heterocycles. The van der Waals surface area contributed by atoms with Gasteiger partial charge in [0.2, 0.25) is 0 Å². The summed E-state index contributed by atoms with van der Waals surface area (Å²) in [5.41, 5.74) is 1.89. The molecular weight excluding hydrogens is 423 g/mol. The van der Waals surface area contributed by atoms with Crippen LogP contribution in [0.1, 0.15) is 23.7 Å². The molecule has 4 rings (SSSR count). The highest BCUT2D eigenvalue weighted by atomic mass is 32.2. The van der Waals surface area contributed by atoms with Crippen LogP contribution in [0.15, 0.2) is 89.8 Å². The van der Waals surface area contributed by atoms with Gasteiger partial charge in [-0.05, 0) is 61.3 Å². The van der Waals surface area contributed by atoms with Crippen LogP contribution < -0.4 is 4.90 Å². The van der Waals surface area contributed by atoms with Crippen molar-refractivity contribution in [2.24, 2.45) is 0 Å². The summed E-state index contributed by atoms with van der Waals surface area (Å²) in [6.45, 7) is 4.70. The van der Waals surface area contributed by atoms with Crippen LogP contribution in [0.4, 0.5) is 10.1 Å². The summed E-state index contributed by atoms with van der Waals surface area (Å²) < 4.78 is 40.2. The van der Waals surface area contributed by atoms with E-state index in [0.29, 0.717) is 16.9 Å². The molecule has 1 heterocycles. The van der Waals surface area contributed by atoms with Crippen molar-refractivity contribution in [2.75, 3.05) is 37.6 Å². The number of hydrogen-bond acceptors (Lipinski definition) is 4. The molecule has 4 nitrogen and oxygen atoms in total. The van der Waals surface area contributed by atoms with E-state index in [0.717, 1.165) is 39.1 Å². The van der Waals surface area contributed by atoms with Crippen molar-refractivity contribution in [3.05, 3.63) is 96.3 Å². The van der Waals surface area contributed by atoms with Gasteiger partial charge in [0.05, 0.1) is 10.1 Å². The number of halogens is 1. The number of hydrogen-bond donors (Lipinski definition) is 0. The fraction of sp³-hybridized carbons (Fsp3) is 0.308. The molecule has 1 aliphatic rings. The molecule has 0 saturated carbocycles. The van der Waals surface area contributed by atoms with Crippen molar-refractivity contribution in [3.63, 3.8) is 0 Å². The van der Waals surface area contributed by atoms with Crippen molar-refractivity contribution < 1.29 is 12.8 Å². The minimum atomic E-state index is -3.56. The second-order valence-corrected chi connectivity index (χ2v) is 10.3. The third-order valence-corrected chi connectivity index (χ3v) is 8.31. The van der Waals surface area contributed by atoms with Crippen LogP contribution in [0.5, 0.6) is 0 Å². The summed E-state index contributed by atoms with van der Waals surface area (Å²) in [5, 5.41) is -0.684. The molecule has 1 unspecified atom stereocenters. The topological polar surface area (TPSA) is 40.6 Å². The number of sulfone groups is 1. The van der Waals surface area contributed by atoms with Gasteiger partial charge >= 0.3 is 0 Å². The van der Waals surface area contributed by atoms with E-state index in [1.165, 1.54) is 17.8 Å². The lowest BCUT2D eigenvalue weighted by atomic mass is 10.1. The van der Waals surface area contributed by atoms with Gasteiger partial charge in [-0.15, -0.1) is 0 Å². The predicted octanol–water partition coefficient (Wildman–Crippen LogP) is 4.94. The van der Waals surface area contributed by atoms with Crippen LogP contribution in [-0.2, 0) is 9.84 Å². The van der Waals surface area contributed by atoms with Crippen molar-refractivity contribution in [3.8, 4) is 0 Å². The fourth-order valence-electron chi connectivity index (χ4n) is 4.32. The quantitative estimate of drug-likeness (QED) is 0.485. The van der Waals surface area contributed by atoms with Gasteiger partial charge in [-0.3, -0.25) is 4.90 Å². The third kappa shape index (κ3) is 5.37. The molecule has 1 saturated heterocycles. The molecule has 1 fully saturated rings. The number of piperazine rings is 1. The van der Waals surface area contributed by atoms with Gasteiger partial charge in [0.15, 0.2) is 9.84 Å². The molecule has 0 aliphatic carbocycles. The van der Waals surface area contributed by atoms with E-state index >= 15 is 0 Å². The Morgan fingerprint density at radius 3 is 2.00 bits per heavy atom. The van der Waals surface area contributed by atoms with E-state index in [1.54, 1.807) is 42.5 Å². The van der Waals surface area contributed by atoms with Crippen LogP contribution in [0.3, 0.4) is 0 Å². The van der Waals surface area contributed by atoms with Gasteiger partial charge in [-0.25, -0.2) is 12.8 Å². The Kier molecular flexibility index (Phi) is 7.22. The van der Waals surface area contributed by atoms with Crippen molar-refractivity contribution >= 4 is 15.5 Å². The Hall–Kier alpha value is -2.70. The van der Waals surface area contributed by atoms with E-state index in [1.807, 2.05) is 6.07 Å². The second-order valence-electron chi connectivity index (χ2n) is 8.20. The van der Waals surface area contributed by atoms with E-state index in [9.17, 15) is 12.8 Å². The lowest BCUT2D eigenvalue weighted by Gasteiger charge is -2.36. The average Bonchev–Trinajstić information content (AvgIpc) is 2.84. The molecule has 1 atom stereocenters. The normalized spacial score (nSPS) is 16.1. The molecule has 3 aromatic rings. The van der Waals surface area contributed by atoms with Crippen LogP contribution in [0.25, 0.3) is 0 Å². The molecule has 3 aromatic carbocycles. The number of anilines is 1. The summed E-state index contributed by atoms with van der Waals surface area (Å²) >= 11 is 0. The molecule has 0 amide bonds. The van der Waals surface area contributed by atoms with E-state index in [-0.39, 0.29) is 5.82 Å². The Balaban J connectivity index is 1.40. The van der Waals surface area contributed by atoms with Crippen LogP contribution in [0, 0.1) is 5.82 Å². The van der Waals surface area contributed by atoms with Gasteiger partial charge in [-0.2, -0.15) is 0 Å². The van der Waals surface area contributed by atoms with Crippen molar-refractivity contribution in [1.82, 2.24) is 4.90 Å². The molecule has 32 heavy (non-hydrogen) atoms.